The molecule has 0 aromatic heterocycles. The van der Waals surface area contributed by atoms with Gasteiger partial charge in [0, 0.05) is 19.0 Å². The Kier molecular flexibility index (Phi) is 10.7. The van der Waals surface area contributed by atoms with E-state index in [1.54, 1.807) is 25.7 Å². The third-order valence-corrected chi connectivity index (χ3v) is 5.83. The van der Waals surface area contributed by atoms with E-state index in [1.165, 1.54) is 0 Å². The topological polar surface area (TPSA) is 87.7 Å². The number of nitrogens with one attached hydrogen (secondary N) is 2. The molecule has 2 N–H and O–H groups in total. The van der Waals surface area contributed by atoms with Crippen molar-refractivity contribution in [3.05, 3.63) is 70.8 Å². The molecule has 7 nitrogen and oxygen atoms in total. The van der Waals surface area contributed by atoms with Crippen LogP contribution in [0.3, 0.4) is 0 Å². The molecular formula is C30H43N3O4. The van der Waals surface area contributed by atoms with Crippen molar-refractivity contribution in [3.8, 4) is 0 Å². The highest BCUT2D eigenvalue weighted by Crippen LogP contribution is 2.29. The van der Waals surface area contributed by atoms with Crippen molar-refractivity contribution in [3.63, 3.8) is 0 Å². The van der Waals surface area contributed by atoms with E-state index in [0.29, 0.717) is 13.0 Å². The first-order chi connectivity index (χ1) is 17.3. The van der Waals surface area contributed by atoms with Crippen LogP contribution < -0.4 is 10.6 Å². The quantitative estimate of drug-likeness (QED) is 0.458. The summed E-state index contributed by atoms with van der Waals surface area (Å²) in [6, 6.07) is 13.5. The summed E-state index contributed by atoms with van der Waals surface area (Å²) in [7, 11) is 0. The lowest BCUT2D eigenvalue weighted by molar-refractivity contribution is -0.142. The van der Waals surface area contributed by atoms with Crippen LogP contribution in [0.25, 0.3) is 0 Å². The largest absolute Gasteiger partial charge is 0.444 e. The Bertz CT molecular complexity index is 1040. The SMILES string of the molecule is CCCN(C(=O)C(Cc1ccccc1)NC(=O)OC(C)(C)C)C(C(=O)NC(C)C)c1c(C)cccc1C. The first-order valence-electron chi connectivity index (χ1n) is 13.0. The van der Waals surface area contributed by atoms with Crippen molar-refractivity contribution < 1.29 is 19.1 Å². The third kappa shape index (κ3) is 8.92. The van der Waals surface area contributed by atoms with Crippen LogP contribution in [-0.4, -0.2) is 47.0 Å². The lowest BCUT2D eigenvalue weighted by Crippen LogP contribution is -2.54. The van der Waals surface area contributed by atoms with E-state index >= 15 is 0 Å². The summed E-state index contributed by atoms with van der Waals surface area (Å²) in [6.45, 7) is 15.3. The van der Waals surface area contributed by atoms with Gasteiger partial charge >= 0.3 is 6.09 Å². The molecule has 0 saturated carbocycles. The molecule has 0 fully saturated rings. The number of ether oxygens (including phenoxy) is 1. The number of rotatable bonds is 10. The second-order valence-electron chi connectivity index (χ2n) is 10.8. The fraction of sp³-hybridized carbons (Fsp3) is 0.500. The molecule has 2 unspecified atom stereocenters. The maximum Gasteiger partial charge on any atom is 0.408 e. The summed E-state index contributed by atoms with van der Waals surface area (Å²) >= 11 is 0. The molecular weight excluding hydrogens is 466 g/mol. The molecule has 2 aromatic carbocycles. The van der Waals surface area contributed by atoms with Gasteiger partial charge in [-0.2, -0.15) is 0 Å². The summed E-state index contributed by atoms with van der Waals surface area (Å²) < 4.78 is 5.48. The van der Waals surface area contributed by atoms with Gasteiger partial charge in [-0.1, -0.05) is 55.5 Å². The highest BCUT2D eigenvalue weighted by molar-refractivity contribution is 5.92. The molecule has 2 rings (SSSR count). The van der Waals surface area contributed by atoms with Crippen LogP contribution >= 0.6 is 0 Å². The first kappa shape index (κ1) is 29.9. The van der Waals surface area contributed by atoms with Gasteiger partial charge in [0.25, 0.3) is 0 Å². The minimum absolute atomic E-state index is 0.0992. The number of hydrogen-bond donors (Lipinski definition) is 2. The molecule has 0 aliphatic heterocycles. The van der Waals surface area contributed by atoms with Crippen LogP contribution in [0.5, 0.6) is 0 Å². The van der Waals surface area contributed by atoms with Gasteiger partial charge in [0.05, 0.1) is 0 Å². The average Bonchev–Trinajstić information content (AvgIpc) is 2.78. The van der Waals surface area contributed by atoms with E-state index in [2.05, 4.69) is 10.6 Å². The van der Waals surface area contributed by atoms with Crippen LogP contribution in [-0.2, 0) is 20.7 Å². The average molecular weight is 510 g/mol. The molecule has 0 saturated heterocycles. The number of alkyl carbamates (subject to hydrolysis) is 1. The minimum Gasteiger partial charge on any atom is -0.444 e. The zero-order valence-corrected chi connectivity index (χ0v) is 23.6. The fourth-order valence-corrected chi connectivity index (χ4v) is 4.36. The van der Waals surface area contributed by atoms with Crippen molar-refractivity contribution >= 4 is 17.9 Å². The monoisotopic (exact) mass is 509 g/mol. The number of nitrogens with zero attached hydrogens (tertiary/aromatic N) is 1. The van der Waals surface area contributed by atoms with Crippen LogP contribution in [0.15, 0.2) is 48.5 Å². The van der Waals surface area contributed by atoms with Gasteiger partial charge in [0.15, 0.2) is 0 Å². The van der Waals surface area contributed by atoms with Crippen molar-refractivity contribution in [1.82, 2.24) is 15.5 Å². The van der Waals surface area contributed by atoms with Gasteiger partial charge in [-0.05, 0) is 77.1 Å². The van der Waals surface area contributed by atoms with Gasteiger partial charge in [0.1, 0.15) is 17.7 Å². The molecule has 7 heteroatoms. The van der Waals surface area contributed by atoms with Crippen LogP contribution in [0.4, 0.5) is 4.79 Å². The molecule has 0 aliphatic rings. The van der Waals surface area contributed by atoms with Crippen molar-refractivity contribution in [1.29, 1.82) is 0 Å². The normalized spacial score (nSPS) is 13.0. The third-order valence-electron chi connectivity index (χ3n) is 5.83. The Hall–Kier alpha value is -3.35. The molecule has 37 heavy (non-hydrogen) atoms. The molecule has 0 bridgehead atoms. The summed E-state index contributed by atoms with van der Waals surface area (Å²) in [6.07, 6.45) is 0.241. The molecule has 0 aliphatic carbocycles. The molecule has 2 atom stereocenters. The molecule has 3 amide bonds. The standard InChI is InChI=1S/C30H43N3O4/c1-9-18-33(26(27(34)31-20(2)3)25-21(4)14-13-15-22(25)5)28(35)24(19-23-16-11-10-12-17-23)32-29(36)37-30(6,7)8/h10-17,20,24,26H,9,18-19H2,1-8H3,(H,31,34)(H,32,36). The summed E-state index contributed by atoms with van der Waals surface area (Å²) in [4.78, 5) is 42.3. The smallest absolute Gasteiger partial charge is 0.408 e. The van der Waals surface area contributed by atoms with Crippen molar-refractivity contribution in [2.45, 2.75) is 92.0 Å². The Morgan fingerprint density at radius 2 is 1.51 bits per heavy atom. The Morgan fingerprint density at radius 1 is 0.919 bits per heavy atom. The van der Waals surface area contributed by atoms with E-state index in [-0.39, 0.29) is 24.3 Å². The van der Waals surface area contributed by atoms with E-state index in [0.717, 1.165) is 22.3 Å². The maximum atomic E-state index is 14.2. The molecule has 0 spiro atoms. The van der Waals surface area contributed by atoms with Crippen LogP contribution in [0.1, 0.15) is 76.3 Å². The fourth-order valence-electron chi connectivity index (χ4n) is 4.36. The molecule has 0 heterocycles. The highest BCUT2D eigenvalue weighted by atomic mass is 16.6. The minimum atomic E-state index is -0.914. The number of amides is 3. The first-order valence-corrected chi connectivity index (χ1v) is 13.0. The number of carbonyl (C=O) groups excluding carboxylic acids is 3. The van der Waals surface area contributed by atoms with Crippen molar-refractivity contribution in [2.24, 2.45) is 0 Å². The number of benzene rings is 2. The lowest BCUT2D eigenvalue weighted by atomic mass is 9.93. The molecule has 202 valence electrons. The maximum absolute atomic E-state index is 14.2. The van der Waals surface area contributed by atoms with Gasteiger partial charge in [-0.25, -0.2) is 4.79 Å². The Balaban J connectivity index is 2.57. The second-order valence-corrected chi connectivity index (χ2v) is 10.8. The van der Waals surface area contributed by atoms with Crippen LogP contribution in [0, 0.1) is 13.8 Å². The second kappa shape index (κ2) is 13.3. The molecule has 2 aromatic rings. The van der Waals surface area contributed by atoms with Crippen molar-refractivity contribution in [2.75, 3.05) is 6.54 Å². The summed E-state index contributed by atoms with van der Waals surface area (Å²) in [5.41, 5.74) is 2.84. The van der Waals surface area contributed by atoms with Gasteiger partial charge < -0.3 is 20.3 Å². The Morgan fingerprint density at radius 3 is 2.03 bits per heavy atom. The van der Waals surface area contributed by atoms with Crippen LogP contribution in [0.2, 0.25) is 0 Å². The number of aryl methyl sites for hydroxylation is 2. The summed E-state index contributed by atoms with van der Waals surface area (Å²) in [5, 5.41) is 5.80. The predicted molar refractivity (Wildman–Crippen MR) is 147 cm³/mol. The lowest BCUT2D eigenvalue weighted by Gasteiger charge is -2.36. The van der Waals surface area contributed by atoms with E-state index < -0.39 is 23.8 Å². The highest BCUT2D eigenvalue weighted by Gasteiger charge is 2.37. The number of hydrogen-bond acceptors (Lipinski definition) is 4. The zero-order chi connectivity index (χ0) is 27.8. The number of carbonyl (C=O) groups is 3. The van der Waals surface area contributed by atoms with E-state index in [1.807, 2.05) is 83.1 Å². The zero-order valence-electron chi connectivity index (χ0n) is 23.6. The van der Waals surface area contributed by atoms with Gasteiger partial charge in [-0.15, -0.1) is 0 Å². The van der Waals surface area contributed by atoms with Gasteiger partial charge in [0.2, 0.25) is 11.8 Å². The summed E-state index contributed by atoms with van der Waals surface area (Å²) in [5.74, 6) is -0.576. The predicted octanol–water partition coefficient (Wildman–Crippen LogP) is 5.24. The van der Waals surface area contributed by atoms with Gasteiger partial charge in [-0.3, -0.25) is 9.59 Å². The van der Waals surface area contributed by atoms with E-state index in [4.69, 9.17) is 4.74 Å². The van der Waals surface area contributed by atoms with E-state index in [9.17, 15) is 14.4 Å². The molecule has 0 radical (unpaired) electrons. The Labute approximate surface area is 222 Å².